The predicted molar refractivity (Wildman–Crippen MR) is 107 cm³/mol. The molecule has 3 rings (SSSR count). The second-order valence-corrected chi connectivity index (χ2v) is 7.95. The zero-order chi connectivity index (χ0) is 19.2. The van der Waals surface area contributed by atoms with Crippen LogP contribution in [0.25, 0.3) is 10.8 Å². The van der Waals surface area contributed by atoms with Crippen molar-refractivity contribution in [3.05, 3.63) is 40.3 Å². The third kappa shape index (κ3) is 4.95. The first-order valence-corrected chi connectivity index (χ1v) is 10.2. The van der Waals surface area contributed by atoms with Crippen molar-refractivity contribution in [3.63, 3.8) is 0 Å². The summed E-state index contributed by atoms with van der Waals surface area (Å²) in [5.74, 6) is 0.0807. The highest BCUT2D eigenvalue weighted by Gasteiger charge is 2.17. The number of amides is 1. The average molecular weight is 372 g/mol. The fourth-order valence-corrected chi connectivity index (χ4v) is 3.80. The van der Waals surface area contributed by atoms with Gasteiger partial charge in [0.25, 0.3) is 11.5 Å². The molecule has 0 radical (unpaired) electrons. The van der Waals surface area contributed by atoms with Crippen LogP contribution in [0.15, 0.2) is 29.1 Å². The minimum absolute atomic E-state index is 0.135. The molecule has 0 unspecified atom stereocenters. The zero-order valence-electron chi connectivity index (χ0n) is 16.5. The summed E-state index contributed by atoms with van der Waals surface area (Å²) in [6, 6.07) is 7.24. The predicted octanol–water partition coefficient (Wildman–Crippen LogP) is 1.24. The Balaban J connectivity index is 1.71. The smallest absolute Gasteiger partial charge is 0.274 e. The van der Waals surface area contributed by atoms with Crippen molar-refractivity contribution in [1.29, 1.82) is 0 Å². The van der Waals surface area contributed by atoms with Gasteiger partial charge in [-0.3, -0.25) is 9.59 Å². The van der Waals surface area contributed by atoms with Crippen LogP contribution in [0.4, 0.5) is 0 Å². The third-order valence-corrected chi connectivity index (χ3v) is 5.17. The van der Waals surface area contributed by atoms with E-state index in [1.807, 2.05) is 26.0 Å². The van der Waals surface area contributed by atoms with Crippen LogP contribution in [-0.4, -0.2) is 41.9 Å². The summed E-state index contributed by atoms with van der Waals surface area (Å²) in [7, 11) is 0. The summed E-state index contributed by atoms with van der Waals surface area (Å²) in [5, 5.41) is 8.58. The molecule has 146 valence electrons. The quantitative estimate of drug-likeness (QED) is 0.720. The minimum Gasteiger partial charge on any atom is -0.350 e. The Labute approximate surface area is 160 Å². The molecule has 2 heterocycles. The lowest BCUT2D eigenvalue weighted by molar-refractivity contribution is -0.904. The van der Waals surface area contributed by atoms with Crippen molar-refractivity contribution in [2.45, 2.75) is 46.1 Å². The number of nitrogens with zero attached hydrogens (tertiary/aromatic N) is 2. The first-order valence-electron chi connectivity index (χ1n) is 10.2. The van der Waals surface area contributed by atoms with Crippen LogP contribution in [0.5, 0.6) is 0 Å². The number of carbonyl (C=O) groups is 1. The Hall–Kier alpha value is -2.21. The molecule has 1 amide bonds. The number of benzene rings is 1. The molecule has 1 aromatic carbocycles. The van der Waals surface area contributed by atoms with Crippen molar-refractivity contribution in [2.75, 3.05) is 26.2 Å². The standard InChI is InChI=1S/C21H30N4O2/c1-16(2)15-25-21(27)18-10-5-4-9-17(18)19(23-25)20(26)22-11-8-14-24-12-6-3-7-13-24/h4-5,9-10,16H,3,6-8,11-15H2,1-2H3,(H,22,26)/p+1. The first kappa shape index (κ1) is 19.5. The maximum absolute atomic E-state index is 12.8. The van der Waals surface area contributed by atoms with Crippen LogP contribution >= 0.6 is 0 Å². The summed E-state index contributed by atoms with van der Waals surface area (Å²) < 4.78 is 1.43. The molecule has 6 heteroatoms. The molecule has 1 aliphatic rings. The fourth-order valence-electron chi connectivity index (χ4n) is 3.80. The van der Waals surface area contributed by atoms with E-state index in [1.54, 1.807) is 17.0 Å². The number of quaternary nitrogens is 1. The zero-order valence-corrected chi connectivity index (χ0v) is 16.5. The van der Waals surface area contributed by atoms with Crippen LogP contribution < -0.4 is 15.8 Å². The van der Waals surface area contributed by atoms with E-state index in [0.717, 1.165) is 13.0 Å². The van der Waals surface area contributed by atoms with E-state index >= 15 is 0 Å². The molecule has 27 heavy (non-hydrogen) atoms. The van der Waals surface area contributed by atoms with E-state index in [2.05, 4.69) is 10.4 Å². The van der Waals surface area contributed by atoms with Gasteiger partial charge in [-0.1, -0.05) is 32.0 Å². The Morgan fingerprint density at radius 1 is 1.19 bits per heavy atom. The number of piperidine rings is 1. The number of carbonyl (C=O) groups excluding carboxylic acids is 1. The first-order chi connectivity index (χ1) is 13.1. The second kappa shape index (κ2) is 9.13. The number of hydrogen-bond acceptors (Lipinski definition) is 3. The van der Waals surface area contributed by atoms with Gasteiger partial charge in [-0.25, -0.2) is 4.68 Å². The lowest BCUT2D eigenvalue weighted by Gasteiger charge is -2.23. The highest BCUT2D eigenvalue weighted by atomic mass is 16.2. The van der Waals surface area contributed by atoms with E-state index in [-0.39, 0.29) is 17.4 Å². The maximum atomic E-state index is 12.8. The SMILES string of the molecule is CC(C)Cn1nc(C(=O)NCCC[NH+]2CCCCC2)c2ccccc2c1=O. The van der Waals surface area contributed by atoms with Gasteiger partial charge in [0.05, 0.1) is 25.0 Å². The van der Waals surface area contributed by atoms with Gasteiger partial charge in [0.1, 0.15) is 0 Å². The van der Waals surface area contributed by atoms with Crippen LogP contribution in [0.1, 0.15) is 50.0 Å². The Morgan fingerprint density at radius 2 is 1.89 bits per heavy atom. The van der Waals surface area contributed by atoms with Crippen molar-refractivity contribution in [1.82, 2.24) is 15.1 Å². The van der Waals surface area contributed by atoms with Gasteiger partial charge in [-0.2, -0.15) is 5.10 Å². The van der Waals surface area contributed by atoms with Gasteiger partial charge in [0, 0.05) is 24.9 Å². The van der Waals surface area contributed by atoms with Gasteiger partial charge in [-0.05, 0) is 31.2 Å². The average Bonchev–Trinajstić information content (AvgIpc) is 2.68. The molecule has 0 aliphatic carbocycles. The summed E-state index contributed by atoms with van der Waals surface area (Å²) in [4.78, 5) is 27.0. The largest absolute Gasteiger partial charge is 0.350 e. The summed E-state index contributed by atoms with van der Waals surface area (Å²) in [5.41, 5.74) is 0.209. The lowest BCUT2D eigenvalue weighted by Crippen LogP contribution is -3.12. The van der Waals surface area contributed by atoms with Crippen LogP contribution in [0.3, 0.4) is 0 Å². The molecular formula is C21H31N4O2+. The molecule has 0 bridgehead atoms. The molecule has 0 saturated carbocycles. The fraction of sp³-hybridized carbons (Fsp3) is 0.571. The normalized spacial score (nSPS) is 15.4. The Kier molecular flexibility index (Phi) is 6.61. The van der Waals surface area contributed by atoms with Crippen LogP contribution in [0.2, 0.25) is 0 Å². The van der Waals surface area contributed by atoms with E-state index in [0.29, 0.717) is 29.6 Å². The highest BCUT2D eigenvalue weighted by Crippen LogP contribution is 2.13. The topological polar surface area (TPSA) is 68.4 Å². The minimum atomic E-state index is -0.197. The van der Waals surface area contributed by atoms with Gasteiger partial charge in [-0.15, -0.1) is 0 Å². The molecule has 2 N–H and O–H groups in total. The van der Waals surface area contributed by atoms with Crippen molar-refractivity contribution in [3.8, 4) is 0 Å². The van der Waals surface area contributed by atoms with Crippen molar-refractivity contribution >= 4 is 16.7 Å². The molecular weight excluding hydrogens is 340 g/mol. The molecule has 1 aliphatic heterocycles. The Bertz CT molecular complexity index is 838. The van der Waals surface area contributed by atoms with E-state index in [1.165, 1.54) is 37.0 Å². The highest BCUT2D eigenvalue weighted by molar-refractivity contribution is 6.04. The molecule has 2 aromatic rings. The van der Waals surface area contributed by atoms with Gasteiger partial charge < -0.3 is 10.2 Å². The van der Waals surface area contributed by atoms with Gasteiger partial charge in [0.15, 0.2) is 5.69 Å². The number of nitrogens with one attached hydrogen (secondary N) is 2. The van der Waals surface area contributed by atoms with Gasteiger partial charge in [0.2, 0.25) is 0 Å². The monoisotopic (exact) mass is 371 g/mol. The van der Waals surface area contributed by atoms with Crippen LogP contribution in [-0.2, 0) is 6.54 Å². The van der Waals surface area contributed by atoms with Crippen LogP contribution in [0, 0.1) is 5.92 Å². The number of hydrogen-bond donors (Lipinski definition) is 2. The number of fused-ring (bicyclic) bond motifs is 1. The van der Waals surface area contributed by atoms with E-state index < -0.39 is 0 Å². The van der Waals surface area contributed by atoms with E-state index in [9.17, 15) is 9.59 Å². The molecule has 0 atom stereocenters. The van der Waals surface area contributed by atoms with Crippen molar-refractivity contribution < 1.29 is 9.69 Å². The molecule has 1 fully saturated rings. The second-order valence-electron chi connectivity index (χ2n) is 7.95. The molecule has 6 nitrogen and oxygen atoms in total. The van der Waals surface area contributed by atoms with Crippen molar-refractivity contribution in [2.24, 2.45) is 5.92 Å². The number of likely N-dealkylation sites (tertiary alicyclic amines) is 1. The number of rotatable bonds is 7. The summed E-state index contributed by atoms with van der Waals surface area (Å²) in [6.45, 7) is 8.81. The number of aromatic nitrogens is 2. The molecule has 1 aromatic heterocycles. The third-order valence-electron chi connectivity index (χ3n) is 5.17. The Morgan fingerprint density at radius 3 is 2.59 bits per heavy atom. The summed E-state index contributed by atoms with van der Waals surface area (Å²) in [6.07, 6.45) is 4.94. The van der Waals surface area contributed by atoms with E-state index in [4.69, 9.17) is 0 Å². The van der Waals surface area contributed by atoms with Gasteiger partial charge >= 0.3 is 0 Å². The molecule has 0 spiro atoms. The lowest BCUT2D eigenvalue weighted by atomic mass is 10.1. The summed E-state index contributed by atoms with van der Waals surface area (Å²) >= 11 is 0. The maximum Gasteiger partial charge on any atom is 0.274 e. The molecule has 1 saturated heterocycles.